The highest BCUT2D eigenvalue weighted by Crippen LogP contribution is 2.14. The summed E-state index contributed by atoms with van der Waals surface area (Å²) in [5.41, 5.74) is 5.73. The van der Waals surface area contributed by atoms with E-state index in [1.54, 1.807) is 12.1 Å². The van der Waals surface area contributed by atoms with Crippen LogP contribution < -0.4 is 5.73 Å². The quantitative estimate of drug-likeness (QED) is 0.697. The number of nitriles is 2. The van der Waals surface area contributed by atoms with Crippen molar-refractivity contribution in [1.29, 1.82) is 10.5 Å². The molecule has 1 atom stereocenters. The lowest BCUT2D eigenvalue weighted by molar-refractivity contribution is 0.622. The Morgan fingerprint density at radius 2 is 2.08 bits per heavy atom. The highest BCUT2D eigenvalue weighted by molar-refractivity contribution is 5.37. The summed E-state index contributed by atoms with van der Waals surface area (Å²) in [6.45, 7) is 0. The zero-order chi connectivity index (χ0) is 9.84. The van der Waals surface area contributed by atoms with E-state index in [0.717, 1.165) is 6.07 Å². The lowest BCUT2D eigenvalue weighted by Gasteiger charge is -2.02. The molecule has 3 nitrogen and oxygen atoms in total. The van der Waals surface area contributed by atoms with Crippen molar-refractivity contribution in [3.05, 3.63) is 35.1 Å². The normalized spacial score (nSPS) is 11.4. The SMILES string of the molecule is N#Cc1cc(C(N)C#N)ccc1F. The Balaban J connectivity index is 3.17. The molecule has 0 amide bonds. The van der Waals surface area contributed by atoms with Gasteiger partial charge >= 0.3 is 0 Å². The minimum absolute atomic E-state index is 0.0943. The maximum Gasteiger partial charge on any atom is 0.140 e. The summed E-state index contributed by atoms with van der Waals surface area (Å²) < 4.78 is 12.8. The molecule has 0 aliphatic carbocycles. The number of hydrogen-bond donors (Lipinski definition) is 1. The van der Waals surface area contributed by atoms with E-state index in [0.29, 0.717) is 5.56 Å². The molecular formula is C9H6FN3. The Morgan fingerprint density at radius 3 is 2.62 bits per heavy atom. The molecular weight excluding hydrogens is 169 g/mol. The van der Waals surface area contributed by atoms with E-state index in [1.165, 1.54) is 12.1 Å². The molecule has 1 aromatic rings. The maximum absolute atomic E-state index is 12.8. The van der Waals surface area contributed by atoms with Gasteiger partial charge in [-0.1, -0.05) is 6.07 Å². The molecule has 1 rings (SSSR count). The summed E-state index contributed by atoms with van der Waals surface area (Å²) in [6.07, 6.45) is 0. The van der Waals surface area contributed by atoms with Crippen LogP contribution in [-0.4, -0.2) is 0 Å². The molecule has 0 saturated carbocycles. The van der Waals surface area contributed by atoms with E-state index in [1.807, 2.05) is 0 Å². The fourth-order valence-corrected chi connectivity index (χ4v) is 0.897. The average Bonchev–Trinajstić information content (AvgIpc) is 2.17. The zero-order valence-electron chi connectivity index (χ0n) is 6.66. The van der Waals surface area contributed by atoms with Gasteiger partial charge in [-0.05, 0) is 17.7 Å². The number of hydrogen-bond acceptors (Lipinski definition) is 3. The van der Waals surface area contributed by atoms with Crippen LogP contribution in [0, 0.1) is 28.5 Å². The third-order valence-electron chi connectivity index (χ3n) is 1.61. The first kappa shape index (κ1) is 9.18. The van der Waals surface area contributed by atoms with Gasteiger partial charge in [-0.15, -0.1) is 0 Å². The monoisotopic (exact) mass is 175 g/mol. The highest BCUT2D eigenvalue weighted by Gasteiger charge is 2.07. The molecule has 1 aromatic carbocycles. The van der Waals surface area contributed by atoms with Crippen molar-refractivity contribution in [2.24, 2.45) is 5.73 Å². The van der Waals surface area contributed by atoms with Crippen molar-refractivity contribution in [2.45, 2.75) is 6.04 Å². The molecule has 0 spiro atoms. The van der Waals surface area contributed by atoms with Crippen LogP contribution in [0.5, 0.6) is 0 Å². The summed E-state index contributed by atoms with van der Waals surface area (Å²) in [6, 6.07) is 6.46. The summed E-state index contributed by atoms with van der Waals surface area (Å²) in [5, 5.41) is 17.0. The predicted octanol–water partition coefficient (Wildman–Crippen LogP) is 1.22. The standard InChI is InChI=1S/C9H6FN3/c10-8-2-1-6(9(13)5-12)3-7(8)4-11/h1-3,9H,13H2. The van der Waals surface area contributed by atoms with Crippen LogP contribution in [0.15, 0.2) is 18.2 Å². The van der Waals surface area contributed by atoms with Gasteiger partial charge in [0.15, 0.2) is 0 Å². The molecule has 1 unspecified atom stereocenters. The Bertz CT molecular complexity index is 400. The van der Waals surface area contributed by atoms with Gasteiger partial charge in [0.2, 0.25) is 0 Å². The van der Waals surface area contributed by atoms with Gasteiger partial charge in [-0.3, -0.25) is 0 Å². The number of nitrogens with zero attached hydrogens (tertiary/aromatic N) is 2. The second kappa shape index (κ2) is 3.66. The molecule has 64 valence electrons. The predicted molar refractivity (Wildman–Crippen MR) is 43.7 cm³/mol. The van der Waals surface area contributed by atoms with Crippen LogP contribution in [0.2, 0.25) is 0 Å². The second-order valence-corrected chi connectivity index (χ2v) is 2.46. The van der Waals surface area contributed by atoms with E-state index in [4.69, 9.17) is 16.3 Å². The third kappa shape index (κ3) is 1.81. The topological polar surface area (TPSA) is 73.6 Å². The molecule has 13 heavy (non-hydrogen) atoms. The van der Waals surface area contributed by atoms with Crippen LogP contribution in [0.1, 0.15) is 17.2 Å². The largest absolute Gasteiger partial charge is 0.312 e. The Kier molecular flexibility index (Phi) is 2.59. The van der Waals surface area contributed by atoms with Crippen LogP contribution in [0.3, 0.4) is 0 Å². The third-order valence-corrected chi connectivity index (χ3v) is 1.61. The molecule has 0 fully saturated rings. The van der Waals surface area contributed by atoms with E-state index in [9.17, 15) is 4.39 Å². The molecule has 0 aliphatic heterocycles. The van der Waals surface area contributed by atoms with Gasteiger partial charge in [-0.25, -0.2) is 4.39 Å². The van der Waals surface area contributed by atoms with Gasteiger partial charge in [0, 0.05) is 0 Å². The number of rotatable bonds is 1. The first-order valence-corrected chi connectivity index (χ1v) is 3.53. The Hall–Kier alpha value is -1.91. The van der Waals surface area contributed by atoms with Gasteiger partial charge in [-0.2, -0.15) is 10.5 Å². The number of halogens is 1. The van der Waals surface area contributed by atoms with E-state index >= 15 is 0 Å². The molecule has 0 heterocycles. The molecule has 0 radical (unpaired) electrons. The van der Waals surface area contributed by atoms with Gasteiger partial charge in [0.25, 0.3) is 0 Å². The lowest BCUT2D eigenvalue weighted by Crippen LogP contribution is -2.07. The fourth-order valence-electron chi connectivity index (χ4n) is 0.897. The Labute approximate surface area is 74.8 Å². The van der Waals surface area contributed by atoms with Crippen LogP contribution >= 0.6 is 0 Å². The van der Waals surface area contributed by atoms with E-state index in [2.05, 4.69) is 0 Å². The van der Waals surface area contributed by atoms with Gasteiger partial charge < -0.3 is 5.73 Å². The second-order valence-electron chi connectivity index (χ2n) is 2.46. The van der Waals surface area contributed by atoms with Crippen molar-refractivity contribution in [2.75, 3.05) is 0 Å². The van der Waals surface area contributed by atoms with Crippen molar-refractivity contribution in [1.82, 2.24) is 0 Å². The van der Waals surface area contributed by atoms with Crippen LogP contribution in [-0.2, 0) is 0 Å². The maximum atomic E-state index is 12.8. The van der Waals surface area contributed by atoms with Crippen LogP contribution in [0.4, 0.5) is 4.39 Å². The molecule has 0 bridgehead atoms. The number of benzene rings is 1. The van der Waals surface area contributed by atoms with Crippen molar-refractivity contribution in [3.8, 4) is 12.1 Å². The van der Waals surface area contributed by atoms with E-state index < -0.39 is 11.9 Å². The summed E-state index contributed by atoms with van der Waals surface area (Å²) in [5.74, 6) is -0.601. The van der Waals surface area contributed by atoms with Gasteiger partial charge in [0.05, 0.1) is 11.6 Å². The molecule has 0 aliphatic rings. The molecule has 4 heteroatoms. The molecule has 0 saturated heterocycles. The first-order chi connectivity index (χ1) is 6.19. The summed E-state index contributed by atoms with van der Waals surface area (Å²) >= 11 is 0. The minimum atomic E-state index is -0.812. The van der Waals surface area contributed by atoms with Crippen molar-refractivity contribution < 1.29 is 4.39 Å². The van der Waals surface area contributed by atoms with Crippen LogP contribution in [0.25, 0.3) is 0 Å². The van der Waals surface area contributed by atoms with Crippen molar-refractivity contribution >= 4 is 0 Å². The fraction of sp³-hybridized carbons (Fsp3) is 0.111. The van der Waals surface area contributed by atoms with Crippen molar-refractivity contribution in [3.63, 3.8) is 0 Å². The summed E-state index contributed by atoms with van der Waals surface area (Å²) in [7, 11) is 0. The average molecular weight is 175 g/mol. The van der Waals surface area contributed by atoms with Gasteiger partial charge in [0.1, 0.15) is 17.9 Å². The minimum Gasteiger partial charge on any atom is -0.312 e. The van der Waals surface area contributed by atoms with E-state index in [-0.39, 0.29) is 5.56 Å². The highest BCUT2D eigenvalue weighted by atomic mass is 19.1. The smallest absolute Gasteiger partial charge is 0.140 e. The Morgan fingerprint density at radius 1 is 1.38 bits per heavy atom. The molecule has 2 N–H and O–H groups in total. The summed E-state index contributed by atoms with van der Waals surface area (Å²) in [4.78, 5) is 0. The lowest BCUT2D eigenvalue weighted by atomic mass is 10.1. The molecule has 0 aromatic heterocycles. The zero-order valence-corrected chi connectivity index (χ0v) is 6.66. The first-order valence-electron chi connectivity index (χ1n) is 3.53. The number of nitrogens with two attached hydrogens (primary N) is 1.